The van der Waals surface area contributed by atoms with Gasteiger partial charge in [-0.2, -0.15) is 0 Å². The molecule has 0 heterocycles. The van der Waals surface area contributed by atoms with Gasteiger partial charge in [0.2, 0.25) is 5.91 Å². The zero-order valence-electron chi connectivity index (χ0n) is 11.3. The first-order valence-electron chi connectivity index (χ1n) is 6.19. The van der Waals surface area contributed by atoms with Gasteiger partial charge in [-0.3, -0.25) is 4.79 Å². The lowest BCUT2D eigenvalue weighted by molar-refractivity contribution is -0.122. The first-order chi connectivity index (χ1) is 8.52. The van der Waals surface area contributed by atoms with E-state index in [1.54, 1.807) is 7.11 Å². The monoisotopic (exact) mass is 250 g/mol. The Morgan fingerprint density at radius 1 is 1.44 bits per heavy atom. The van der Waals surface area contributed by atoms with Crippen molar-refractivity contribution in [3.8, 4) is 5.75 Å². The molecule has 0 bridgehead atoms. The molecule has 4 heteroatoms. The van der Waals surface area contributed by atoms with Crippen LogP contribution in [0.3, 0.4) is 0 Å². The highest BCUT2D eigenvalue weighted by Gasteiger charge is 2.14. The van der Waals surface area contributed by atoms with Crippen LogP contribution in [-0.4, -0.2) is 19.1 Å². The fraction of sp³-hybridized carbons (Fsp3) is 0.500. The van der Waals surface area contributed by atoms with Crippen LogP contribution >= 0.6 is 0 Å². The number of nitrogens with one attached hydrogen (secondary N) is 1. The van der Waals surface area contributed by atoms with Crippen molar-refractivity contribution in [1.29, 1.82) is 0 Å². The maximum absolute atomic E-state index is 11.7. The summed E-state index contributed by atoms with van der Waals surface area (Å²) in [6.07, 6.45) is 0.698. The SMILES string of the molecule is COc1cccc(CNC(=O)C(N)CC(C)C)c1. The smallest absolute Gasteiger partial charge is 0.237 e. The van der Waals surface area contributed by atoms with E-state index in [2.05, 4.69) is 19.2 Å². The molecule has 0 aromatic heterocycles. The molecule has 0 aliphatic rings. The van der Waals surface area contributed by atoms with Gasteiger partial charge in [-0.1, -0.05) is 26.0 Å². The second-order valence-electron chi connectivity index (χ2n) is 4.81. The summed E-state index contributed by atoms with van der Waals surface area (Å²) >= 11 is 0. The van der Waals surface area contributed by atoms with Gasteiger partial charge in [0.15, 0.2) is 0 Å². The van der Waals surface area contributed by atoms with Crippen molar-refractivity contribution in [2.75, 3.05) is 7.11 Å². The van der Waals surface area contributed by atoms with Crippen LogP contribution in [-0.2, 0) is 11.3 Å². The number of hydrogen-bond donors (Lipinski definition) is 2. The minimum Gasteiger partial charge on any atom is -0.497 e. The van der Waals surface area contributed by atoms with Gasteiger partial charge in [0.1, 0.15) is 5.75 Å². The summed E-state index contributed by atoms with van der Waals surface area (Å²) in [6, 6.07) is 7.17. The Bertz CT molecular complexity index is 391. The summed E-state index contributed by atoms with van der Waals surface area (Å²) in [6.45, 7) is 4.58. The first kappa shape index (κ1) is 14.5. The second-order valence-corrected chi connectivity index (χ2v) is 4.81. The van der Waals surface area contributed by atoms with Crippen LogP contribution in [0.15, 0.2) is 24.3 Å². The molecule has 18 heavy (non-hydrogen) atoms. The molecular formula is C14H22N2O2. The average molecular weight is 250 g/mol. The van der Waals surface area contributed by atoms with Gasteiger partial charge < -0.3 is 15.8 Å². The van der Waals surface area contributed by atoms with E-state index >= 15 is 0 Å². The standard InChI is InChI=1S/C14H22N2O2/c1-10(2)7-13(15)14(17)16-9-11-5-4-6-12(8-11)18-3/h4-6,8,10,13H,7,9,15H2,1-3H3,(H,16,17). The molecule has 0 saturated heterocycles. The van der Waals surface area contributed by atoms with E-state index in [1.807, 2.05) is 24.3 Å². The molecule has 1 atom stereocenters. The quantitative estimate of drug-likeness (QED) is 0.807. The molecule has 0 fully saturated rings. The van der Waals surface area contributed by atoms with Gasteiger partial charge in [0, 0.05) is 6.54 Å². The van der Waals surface area contributed by atoms with Crippen molar-refractivity contribution >= 4 is 5.91 Å². The van der Waals surface area contributed by atoms with E-state index in [0.29, 0.717) is 18.9 Å². The van der Waals surface area contributed by atoms with Crippen molar-refractivity contribution in [1.82, 2.24) is 5.32 Å². The van der Waals surface area contributed by atoms with Crippen LogP contribution in [0.5, 0.6) is 5.75 Å². The van der Waals surface area contributed by atoms with Gasteiger partial charge in [-0.25, -0.2) is 0 Å². The Kier molecular flexibility index (Phi) is 5.65. The van der Waals surface area contributed by atoms with Crippen molar-refractivity contribution in [3.63, 3.8) is 0 Å². The number of benzene rings is 1. The minimum atomic E-state index is -0.435. The Balaban J connectivity index is 2.46. The maximum Gasteiger partial charge on any atom is 0.237 e. The van der Waals surface area contributed by atoms with E-state index in [4.69, 9.17) is 10.5 Å². The van der Waals surface area contributed by atoms with Crippen LogP contribution in [0.1, 0.15) is 25.8 Å². The topological polar surface area (TPSA) is 64.3 Å². The third-order valence-corrected chi connectivity index (χ3v) is 2.66. The molecule has 1 aromatic rings. The fourth-order valence-electron chi connectivity index (χ4n) is 1.72. The Morgan fingerprint density at radius 2 is 2.17 bits per heavy atom. The molecule has 0 spiro atoms. The average Bonchev–Trinajstić information content (AvgIpc) is 2.35. The molecule has 100 valence electrons. The predicted octanol–water partition coefficient (Wildman–Crippen LogP) is 1.68. The number of methoxy groups -OCH3 is 1. The Hall–Kier alpha value is -1.55. The molecule has 0 aliphatic carbocycles. The number of carbonyl (C=O) groups excluding carboxylic acids is 1. The van der Waals surface area contributed by atoms with Crippen LogP contribution in [0.4, 0.5) is 0 Å². The lowest BCUT2D eigenvalue weighted by Crippen LogP contribution is -2.41. The van der Waals surface area contributed by atoms with Gasteiger partial charge in [0.05, 0.1) is 13.2 Å². The molecular weight excluding hydrogens is 228 g/mol. The zero-order valence-corrected chi connectivity index (χ0v) is 11.3. The zero-order chi connectivity index (χ0) is 13.5. The highest BCUT2D eigenvalue weighted by Crippen LogP contribution is 2.12. The normalized spacial score (nSPS) is 12.3. The van der Waals surface area contributed by atoms with Crippen LogP contribution in [0.25, 0.3) is 0 Å². The molecule has 3 N–H and O–H groups in total. The molecule has 1 amide bonds. The molecule has 0 radical (unpaired) electrons. The highest BCUT2D eigenvalue weighted by atomic mass is 16.5. The van der Waals surface area contributed by atoms with Gasteiger partial charge in [0.25, 0.3) is 0 Å². The van der Waals surface area contributed by atoms with Crippen LogP contribution in [0, 0.1) is 5.92 Å². The van der Waals surface area contributed by atoms with Crippen molar-refractivity contribution in [2.45, 2.75) is 32.9 Å². The van der Waals surface area contributed by atoms with Crippen LogP contribution < -0.4 is 15.8 Å². The predicted molar refractivity (Wildman–Crippen MR) is 72.3 cm³/mol. The van der Waals surface area contributed by atoms with E-state index in [1.165, 1.54) is 0 Å². The summed E-state index contributed by atoms with van der Waals surface area (Å²) in [4.78, 5) is 11.7. The Labute approximate surface area is 109 Å². The highest BCUT2D eigenvalue weighted by molar-refractivity contribution is 5.81. The van der Waals surface area contributed by atoms with Gasteiger partial charge >= 0.3 is 0 Å². The first-order valence-corrected chi connectivity index (χ1v) is 6.19. The molecule has 1 aromatic carbocycles. The maximum atomic E-state index is 11.7. The number of nitrogens with two attached hydrogens (primary N) is 1. The van der Waals surface area contributed by atoms with E-state index in [0.717, 1.165) is 11.3 Å². The van der Waals surface area contributed by atoms with Crippen LogP contribution in [0.2, 0.25) is 0 Å². The van der Waals surface area contributed by atoms with E-state index in [9.17, 15) is 4.79 Å². The number of ether oxygens (including phenoxy) is 1. The second kappa shape index (κ2) is 7.01. The number of carbonyl (C=O) groups is 1. The summed E-state index contributed by atoms with van der Waals surface area (Å²) < 4.78 is 5.12. The van der Waals surface area contributed by atoms with Gasteiger partial charge in [-0.15, -0.1) is 0 Å². The molecule has 0 saturated carbocycles. The lowest BCUT2D eigenvalue weighted by Gasteiger charge is -2.14. The largest absolute Gasteiger partial charge is 0.497 e. The number of hydrogen-bond acceptors (Lipinski definition) is 3. The lowest BCUT2D eigenvalue weighted by atomic mass is 10.0. The fourth-order valence-corrected chi connectivity index (χ4v) is 1.72. The third-order valence-electron chi connectivity index (χ3n) is 2.66. The molecule has 1 unspecified atom stereocenters. The summed E-state index contributed by atoms with van der Waals surface area (Å²) in [5.41, 5.74) is 6.80. The Morgan fingerprint density at radius 3 is 2.78 bits per heavy atom. The van der Waals surface area contributed by atoms with Crippen molar-refractivity contribution in [3.05, 3.63) is 29.8 Å². The number of amides is 1. The summed E-state index contributed by atoms with van der Waals surface area (Å²) in [5, 5.41) is 2.84. The van der Waals surface area contributed by atoms with Gasteiger partial charge in [-0.05, 0) is 30.0 Å². The molecule has 0 aliphatic heterocycles. The third kappa shape index (κ3) is 4.75. The van der Waals surface area contributed by atoms with Crippen molar-refractivity contribution in [2.24, 2.45) is 11.7 Å². The van der Waals surface area contributed by atoms with E-state index in [-0.39, 0.29) is 5.91 Å². The van der Waals surface area contributed by atoms with Crippen molar-refractivity contribution < 1.29 is 9.53 Å². The number of rotatable bonds is 6. The minimum absolute atomic E-state index is 0.105. The summed E-state index contributed by atoms with van der Waals surface area (Å²) in [5.74, 6) is 1.10. The molecule has 4 nitrogen and oxygen atoms in total. The van der Waals surface area contributed by atoms with E-state index < -0.39 is 6.04 Å². The summed E-state index contributed by atoms with van der Waals surface area (Å²) in [7, 11) is 1.62. The molecule has 1 rings (SSSR count).